The molecule has 4 aromatic rings. The number of halogens is 1. The summed E-state index contributed by atoms with van der Waals surface area (Å²) in [7, 11) is 0. The largest absolute Gasteiger partial charge is 0.490 e. The van der Waals surface area contributed by atoms with Gasteiger partial charge in [-0.2, -0.15) is 4.98 Å². The van der Waals surface area contributed by atoms with Crippen molar-refractivity contribution in [2.24, 2.45) is 0 Å². The summed E-state index contributed by atoms with van der Waals surface area (Å²) in [6.45, 7) is 4.95. The second-order valence-corrected chi connectivity index (χ2v) is 10.5. The van der Waals surface area contributed by atoms with Crippen LogP contribution in [0.5, 0.6) is 17.4 Å². The van der Waals surface area contributed by atoms with E-state index in [4.69, 9.17) is 30.8 Å². The first-order valence-corrected chi connectivity index (χ1v) is 14.6. The Kier molecular flexibility index (Phi) is 9.06. The minimum atomic E-state index is -0.595. The highest BCUT2D eigenvalue weighted by Gasteiger charge is 2.27. The van der Waals surface area contributed by atoms with Crippen LogP contribution in [0.4, 0.5) is 5.69 Å². The predicted octanol–water partition coefficient (Wildman–Crippen LogP) is 7.96. The molecule has 39 heavy (non-hydrogen) atoms. The van der Waals surface area contributed by atoms with Crippen LogP contribution in [0.1, 0.15) is 50.5 Å². The molecule has 3 aromatic carbocycles. The van der Waals surface area contributed by atoms with E-state index in [0.717, 1.165) is 34.6 Å². The number of benzene rings is 3. The second kappa shape index (κ2) is 13.0. The lowest BCUT2D eigenvalue weighted by Crippen LogP contribution is -2.17. The molecule has 7 nitrogen and oxygen atoms in total. The van der Waals surface area contributed by atoms with Gasteiger partial charge < -0.3 is 19.5 Å². The van der Waals surface area contributed by atoms with Crippen molar-refractivity contribution in [3.05, 3.63) is 82.9 Å². The van der Waals surface area contributed by atoms with Gasteiger partial charge in [0.25, 0.3) is 0 Å². The molecule has 0 aliphatic carbocycles. The molecule has 2 heterocycles. The number of ether oxygens (including phenoxy) is 3. The average Bonchev–Trinajstić information content (AvgIpc) is 3.12. The van der Waals surface area contributed by atoms with E-state index in [2.05, 4.69) is 22.4 Å². The number of rotatable bonds is 11. The third-order valence-corrected chi connectivity index (χ3v) is 7.38. The first-order valence-electron chi connectivity index (χ1n) is 13.2. The molecular formula is C30H31ClN4O3S. The number of thioether (sulfide) groups is 1. The Bertz CT molecular complexity index is 1410. The summed E-state index contributed by atoms with van der Waals surface area (Å²) in [6, 6.07) is 21.6. The number of anilines is 1. The number of hydrogen-bond donors (Lipinski definition) is 1. The van der Waals surface area contributed by atoms with E-state index in [0.29, 0.717) is 46.5 Å². The number of aromatic nitrogens is 3. The van der Waals surface area contributed by atoms with Crippen molar-refractivity contribution in [2.75, 3.05) is 17.7 Å². The van der Waals surface area contributed by atoms with E-state index in [1.165, 1.54) is 12.8 Å². The molecule has 0 saturated carbocycles. The normalized spacial score (nSPS) is 13.9. The van der Waals surface area contributed by atoms with Gasteiger partial charge in [0.15, 0.2) is 23.4 Å². The fourth-order valence-corrected chi connectivity index (χ4v) is 5.30. The molecule has 1 aromatic heterocycles. The zero-order valence-corrected chi connectivity index (χ0v) is 23.6. The summed E-state index contributed by atoms with van der Waals surface area (Å²) in [5.74, 6) is 2.40. The number of nitrogens with zero attached hydrogens (tertiary/aromatic N) is 3. The van der Waals surface area contributed by atoms with Crippen LogP contribution >= 0.6 is 23.4 Å². The summed E-state index contributed by atoms with van der Waals surface area (Å²) in [5.41, 5.74) is 4.14. The van der Waals surface area contributed by atoms with E-state index >= 15 is 0 Å². The van der Waals surface area contributed by atoms with Crippen molar-refractivity contribution < 1.29 is 14.2 Å². The second-order valence-electron chi connectivity index (χ2n) is 9.03. The third kappa shape index (κ3) is 6.57. The molecule has 0 amide bonds. The van der Waals surface area contributed by atoms with Crippen molar-refractivity contribution in [3.63, 3.8) is 0 Å². The van der Waals surface area contributed by atoms with Gasteiger partial charge in [0.05, 0.1) is 11.6 Å². The SMILES string of the molecule is CCCCCSc1nnc2c(n1)OC(c1cc(Cl)c(OCc3ccccc3)c(OCC)c1)Nc1ccccc1-2. The lowest BCUT2D eigenvalue weighted by molar-refractivity contribution is 0.223. The Balaban J connectivity index is 1.46. The highest BCUT2D eigenvalue weighted by atomic mass is 35.5. The monoisotopic (exact) mass is 562 g/mol. The Morgan fingerprint density at radius 2 is 1.79 bits per heavy atom. The molecule has 9 heteroatoms. The maximum Gasteiger partial charge on any atom is 0.247 e. The van der Waals surface area contributed by atoms with E-state index < -0.39 is 6.23 Å². The lowest BCUT2D eigenvalue weighted by Gasteiger charge is -2.22. The van der Waals surface area contributed by atoms with Crippen LogP contribution in [0.3, 0.4) is 0 Å². The van der Waals surface area contributed by atoms with Crippen LogP contribution in [0.2, 0.25) is 5.02 Å². The Morgan fingerprint density at radius 1 is 0.974 bits per heavy atom. The molecule has 0 radical (unpaired) electrons. The Labute approximate surface area is 238 Å². The van der Waals surface area contributed by atoms with Gasteiger partial charge in [-0.25, -0.2) is 0 Å². The van der Waals surface area contributed by atoms with Gasteiger partial charge in [-0.05, 0) is 37.1 Å². The molecule has 5 rings (SSSR count). The van der Waals surface area contributed by atoms with Crippen LogP contribution in [-0.4, -0.2) is 27.5 Å². The van der Waals surface area contributed by atoms with Gasteiger partial charge in [-0.3, -0.25) is 0 Å². The van der Waals surface area contributed by atoms with E-state index in [-0.39, 0.29) is 0 Å². The molecular weight excluding hydrogens is 532 g/mol. The zero-order valence-electron chi connectivity index (χ0n) is 22.0. The molecule has 0 saturated heterocycles. The lowest BCUT2D eigenvalue weighted by atomic mass is 10.1. The van der Waals surface area contributed by atoms with E-state index in [1.807, 2.05) is 73.7 Å². The van der Waals surface area contributed by atoms with Crippen LogP contribution in [-0.2, 0) is 6.61 Å². The maximum atomic E-state index is 6.78. The van der Waals surface area contributed by atoms with Crippen molar-refractivity contribution in [1.82, 2.24) is 15.2 Å². The molecule has 1 aliphatic rings. The summed E-state index contributed by atoms with van der Waals surface area (Å²) in [4.78, 5) is 4.75. The van der Waals surface area contributed by atoms with Gasteiger partial charge in [-0.1, -0.05) is 91.7 Å². The van der Waals surface area contributed by atoms with Crippen LogP contribution in [0, 0.1) is 0 Å². The third-order valence-electron chi connectivity index (χ3n) is 6.17. The summed E-state index contributed by atoms with van der Waals surface area (Å²) in [5, 5.41) is 13.4. The van der Waals surface area contributed by atoms with Crippen LogP contribution < -0.4 is 19.5 Å². The predicted molar refractivity (Wildman–Crippen MR) is 156 cm³/mol. The Hall–Kier alpha value is -3.49. The standard InChI is InChI=1S/C30H31ClN4O3S/c1-3-5-11-16-39-30-33-29-26(34-35-30)22-14-9-10-15-24(22)32-28(38-29)21-17-23(31)27(25(18-21)36-4-2)37-19-20-12-7-6-8-13-20/h6-10,12-15,17-18,28,32H,3-5,11,16,19H2,1-2H3. The number of fused-ring (bicyclic) bond motifs is 3. The molecule has 1 atom stereocenters. The van der Waals surface area contributed by atoms with Crippen LogP contribution in [0.15, 0.2) is 71.9 Å². The first-order chi connectivity index (χ1) is 19.2. The smallest absolute Gasteiger partial charge is 0.247 e. The van der Waals surface area contributed by atoms with Crippen molar-refractivity contribution >= 4 is 29.1 Å². The number of para-hydroxylation sites is 1. The number of nitrogens with one attached hydrogen (secondary N) is 1. The minimum Gasteiger partial charge on any atom is -0.490 e. The highest BCUT2D eigenvalue weighted by molar-refractivity contribution is 7.99. The molecule has 0 spiro atoms. The summed E-state index contributed by atoms with van der Waals surface area (Å²) >= 11 is 8.37. The topological polar surface area (TPSA) is 78.4 Å². The first kappa shape index (κ1) is 27.1. The molecule has 0 fully saturated rings. The molecule has 1 N–H and O–H groups in total. The highest BCUT2D eigenvalue weighted by Crippen LogP contribution is 2.43. The quantitative estimate of drug-likeness (QED) is 0.146. The Morgan fingerprint density at radius 3 is 2.62 bits per heavy atom. The fourth-order valence-electron chi connectivity index (χ4n) is 4.25. The molecule has 0 bridgehead atoms. The van der Waals surface area contributed by atoms with Crippen LogP contribution in [0.25, 0.3) is 11.3 Å². The van der Waals surface area contributed by atoms with Crippen molar-refractivity contribution in [1.29, 1.82) is 0 Å². The molecule has 1 unspecified atom stereocenters. The van der Waals surface area contributed by atoms with Crippen molar-refractivity contribution in [3.8, 4) is 28.6 Å². The molecule has 202 valence electrons. The van der Waals surface area contributed by atoms with Crippen molar-refractivity contribution in [2.45, 2.75) is 51.1 Å². The van der Waals surface area contributed by atoms with E-state index in [9.17, 15) is 0 Å². The van der Waals surface area contributed by atoms with Gasteiger partial charge in [0.2, 0.25) is 11.0 Å². The summed E-state index contributed by atoms with van der Waals surface area (Å²) < 4.78 is 18.5. The number of unbranched alkanes of at least 4 members (excludes halogenated alkanes) is 2. The maximum absolute atomic E-state index is 6.78. The van der Waals surface area contributed by atoms with Gasteiger partial charge in [-0.15, -0.1) is 10.2 Å². The average molecular weight is 563 g/mol. The fraction of sp³-hybridized carbons (Fsp3) is 0.300. The van der Waals surface area contributed by atoms with Gasteiger partial charge >= 0.3 is 0 Å². The molecule has 1 aliphatic heterocycles. The zero-order chi connectivity index (χ0) is 27.0. The van der Waals surface area contributed by atoms with Gasteiger partial charge in [0, 0.05) is 22.6 Å². The summed E-state index contributed by atoms with van der Waals surface area (Å²) in [6.07, 6.45) is 2.85. The number of hydrogen-bond acceptors (Lipinski definition) is 8. The van der Waals surface area contributed by atoms with E-state index in [1.54, 1.807) is 11.8 Å². The van der Waals surface area contributed by atoms with Gasteiger partial charge in [0.1, 0.15) is 6.61 Å². The minimum absolute atomic E-state index is 0.375.